The second-order valence-corrected chi connectivity index (χ2v) is 13.1. The fraction of sp³-hybridized carbons (Fsp3) is 0.941. The van der Waals surface area contributed by atoms with Crippen LogP contribution in [0.2, 0.25) is 0 Å². The number of epoxide rings is 3. The number of unbranched alkanes of at least 4 members (excludes halogenated alkanes) is 14. The van der Waals surface area contributed by atoms with Crippen molar-refractivity contribution >= 4 is 11.9 Å². The summed E-state index contributed by atoms with van der Waals surface area (Å²) in [5, 5.41) is 0. The zero-order valence-electron chi connectivity index (χ0n) is 26.0. The van der Waals surface area contributed by atoms with E-state index in [2.05, 4.69) is 13.8 Å². The highest BCUT2D eigenvalue weighted by molar-refractivity contribution is 5.82. The Morgan fingerprint density at radius 2 is 0.878 bits per heavy atom. The number of rotatable bonds is 24. The van der Waals surface area contributed by atoms with Gasteiger partial charge in [0.15, 0.2) is 0 Å². The van der Waals surface area contributed by atoms with Gasteiger partial charge in [0.2, 0.25) is 0 Å². The Morgan fingerprint density at radius 3 is 1.27 bits per heavy atom. The van der Waals surface area contributed by atoms with Crippen LogP contribution in [0.1, 0.15) is 142 Å². The van der Waals surface area contributed by atoms with Crippen LogP contribution in [0.15, 0.2) is 0 Å². The summed E-state index contributed by atoms with van der Waals surface area (Å²) in [6, 6.07) is 0. The van der Waals surface area contributed by atoms with Crippen molar-refractivity contribution in [3.8, 4) is 0 Å². The summed E-state index contributed by atoms with van der Waals surface area (Å²) in [6.45, 7) is 5.06. The topological polar surface area (TPSA) is 90.2 Å². The van der Waals surface area contributed by atoms with Gasteiger partial charge in [-0.15, -0.1) is 0 Å². The van der Waals surface area contributed by atoms with Gasteiger partial charge in [-0.3, -0.25) is 9.59 Å². The largest absolute Gasteiger partial charge is 0.463 e. The molecule has 0 aromatic heterocycles. The third-order valence-corrected chi connectivity index (χ3v) is 9.59. The molecule has 7 nitrogen and oxygen atoms in total. The molecule has 0 bridgehead atoms. The average Bonchev–Trinajstić information content (AvgIpc) is 3.88. The lowest BCUT2D eigenvalue weighted by Crippen LogP contribution is -2.38. The molecule has 41 heavy (non-hydrogen) atoms. The van der Waals surface area contributed by atoms with Crippen molar-refractivity contribution in [2.45, 2.75) is 179 Å². The lowest BCUT2D eigenvalue weighted by Gasteiger charge is -2.26. The number of hydrogen-bond acceptors (Lipinski definition) is 7. The minimum absolute atomic E-state index is 0.00688. The minimum Gasteiger partial charge on any atom is -0.463 e. The maximum atomic E-state index is 13.0. The van der Waals surface area contributed by atoms with Crippen molar-refractivity contribution in [1.82, 2.24) is 0 Å². The van der Waals surface area contributed by atoms with Crippen LogP contribution >= 0.6 is 0 Å². The van der Waals surface area contributed by atoms with E-state index in [-0.39, 0.29) is 61.8 Å². The van der Waals surface area contributed by atoms with Crippen LogP contribution in [0.3, 0.4) is 0 Å². The zero-order chi connectivity index (χ0) is 28.9. The van der Waals surface area contributed by atoms with Crippen LogP contribution in [-0.4, -0.2) is 61.8 Å². The molecule has 1 saturated carbocycles. The molecule has 1 aliphatic carbocycles. The Balaban J connectivity index is 1.04. The van der Waals surface area contributed by atoms with Crippen molar-refractivity contribution < 1.29 is 33.3 Å². The molecular formula is C34H58O7. The third kappa shape index (κ3) is 11.8. The molecule has 4 aliphatic rings. The number of carbonyl (C=O) groups is 2. The van der Waals surface area contributed by atoms with Crippen LogP contribution < -0.4 is 0 Å². The molecule has 8 atom stereocenters. The molecule has 3 saturated heterocycles. The van der Waals surface area contributed by atoms with Gasteiger partial charge >= 0.3 is 11.9 Å². The molecule has 4 rings (SSSR count). The van der Waals surface area contributed by atoms with Crippen LogP contribution in [0.4, 0.5) is 0 Å². The summed E-state index contributed by atoms with van der Waals surface area (Å²) < 4.78 is 28.5. The summed E-state index contributed by atoms with van der Waals surface area (Å²) in [5.41, 5.74) is 0. The monoisotopic (exact) mass is 578 g/mol. The van der Waals surface area contributed by atoms with E-state index in [1.807, 2.05) is 0 Å². The first-order valence-electron chi connectivity index (χ1n) is 17.4. The molecule has 7 heteroatoms. The molecular weight excluding hydrogens is 520 g/mol. The summed E-state index contributed by atoms with van der Waals surface area (Å²) in [4.78, 5) is 26.0. The number of ether oxygens (including phenoxy) is 5. The maximum absolute atomic E-state index is 13.0. The van der Waals surface area contributed by atoms with Crippen LogP contribution in [0, 0.1) is 11.8 Å². The fourth-order valence-corrected chi connectivity index (χ4v) is 6.60. The Morgan fingerprint density at radius 1 is 0.512 bits per heavy atom. The fourth-order valence-electron chi connectivity index (χ4n) is 6.60. The van der Waals surface area contributed by atoms with Crippen LogP contribution in [-0.2, 0) is 33.3 Å². The number of hydrogen-bond donors (Lipinski definition) is 0. The summed E-state index contributed by atoms with van der Waals surface area (Å²) in [6.07, 6.45) is 24.5. The van der Waals surface area contributed by atoms with Crippen LogP contribution in [0.5, 0.6) is 0 Å². The normalized spacial score (nSPS) is 31.4. The van der Waals surface area contributed by atoms with Gasteiger partial charge in [0, 0.05) is 0 Å². The van der Waals surface area contributed by atoms with E-state index in [4.69, 9.17) is 23.7 Å². The van der Waals surface area contributed by atoms with Gasteiger partial charge in [-0.05, 0) is 25.7 Å². The molecule has 0 aromatic rings. The first-order valence-corrected chi connectivity index (χ1v) is 17.4. The van der Waals surface area contributed by atoms with Crippen LogP contribution in [0.25, 0.3) is 0 Å². The number of carbonyl (C=O) groups excluding carboxylic acids is 2. The van der Waals surface area contributed by atoms with Gasteiger partial charge < -0.3 is 23.7 Å². The van der Waals surface area contributed by atoms with Crippen molar-refractivity contribution in [2.75, 3.05) is 13.2 Å². The molecule has 8 unspecified atom stereocenters. The van der Waals surface area contributed by atoms with Gasteiger partial charge in [-0.25, -0.2) is 0 Å². The van der Waals surface area contributed by atoms with E-state index in [1.165, 1.54) is 103 Å². The standard InChI is InChI=1S/C34H58O7/c1-3-5-7-9-11-13-15-17-19-27-31(39-27)23-37-33(35)25-21-29-30(41-29)22-26(25)34(36)38-24-32-28(40-32)20-18-16-14-12-10-8-6-4-2/h25-32H,3-24H2,1-2H3. The molecule has 0 spiro atoms. The lowest BCUT2D eigenvalue weighted by atomic mass is 9.79. The van der Waals surface area contributed by atoms with E-state index < -0.39 is 11.8 Å². The summed E-state index contributed by atoms with van der Waals surface area (Å²) >= 11 is 0. The predicted molar refractivity (Wildman–Crippen MR) is 159 cm³/mol. The van der Waals surface area contributed by atoms with Crippen molar-refractivity contribution in [3.05, 3.63) is 0 Å². The Hall–Kier alpha value is -1.18. The highest BCUT2D eigenvalue weighted by atomic mass is 16.6. The molecule has 0 amide bonds. The zero-order valence-corrected chi connectivity index (χ0v) is 26.0. The Labute approximate surface area is 249 Å². The number of fused-ring (bicyclic) bond motifs is 1. The highest BCUT2D eigenvalue weighted by Crippen LogP contribution is 2.44. The molecule has 0 aromatic carbocycles. The van der Waals surface area contributed by atoms with Gasteiger partial charge in [0.05, 0.1) is 36.3 Å². The molecule has 236 valence electrons. The van der Waals surface area contributed by atoms with E-state index >= 15 is 0 Å². The first kappa shape index (κ1) is 32.7. The van der Waals surface area contributed by atoms with Gasteiger partial charge in [-0.1, -0.05) is 117 Å². The molecule has 4 fully saturated rings. The second-order valence-electron chi connectivity index (χ2n) is 13.1. The Kier molecular flexibility index (Phi) is 14.2. The van der Waals surface area contributed by atoms with Crippen molar-refractivity contribution in [1.29, 1.82) is 0 Å². The van der Waals surface area contributed by atoms with Gasteiger partial charge in [0.25, 0.3) is 0 Å². The number of esters is 2. The Bertz CT molecular complexity index is 710. The van der Waals surface area contributed by atoms with E-state index in [1.54, 1.807) is 0 Å². The van der Waals surface area contributed by atoms with Crippen molar-refractivity contribution in [3.63, 3.8) is 0 Å². The minimum atomic E-state index is -0.496. The highest BCUT2D eigenvalue weighted by Gasteiger charge is 2.54. The summed E-state index contributed by atoms with van der Waals surface area (Å²) in [5.74, 6) is -1.61. The molecule has 3 aliphatic heterocycles. The van der Waals surface area contributed by atoms with Gasteiger partial charge in [0.1, 0.15) is 25.4 Å². The van der Waals surface area contributed by atoms with E-state index in [0.717, 1.165) is 12.8 Å². The molecule has 3 heterocycles. The SMILES string of the molecule is CCCCCCCCCCC1OC1COC(=O)C1CC2OC2CC1C(=O)OCC1OC1CCCCCCCCCC. The quantitative estimate of drug-likeness (QED) is 0.0667. The van der Waals surface area contributed by atoms with E-state index in [0.29, 0.717) is 12.8 Å². The van der Waals surface area contributed by atoms with E-state index in [9.17, 15) is 9.59 Å². The maximum Gasteiger partial charge on any atom is 0.310 e. The lowest BCUT2D eigenvalue weighted by molar-refractivity contribution is -0.162. The second kappa shape index (κ2) is 17.8. The van der Waals surface area contributed by atoms with Crippen molar-refractivity contribution in [2.24, 2.45) is 11.8 Å². The average molecular weight is 579 g/mol. The molecule has 0 radical (unpaired) electrons. The summed E-state index contributed by atoms with van der Waals surface area (Å²) in [7, 11) is 0. The smallest absolute Gasteiger partial charge is 0.310 e. The third-order valence-electron chi connectivity index (χ3n) is 9.59. The predicted octanol–water partition coefficient (Wildman–Crippen LogP) is 7.46. The first-order chi connectivity index (χ1) is 20.1. The van der Waals surface area contributed by atoms with Gasteiger partial charge in [-0.2, -0.15) is 0 Å². The molecule has 0 N–H and O–H groups in total.